The lowest BCUT2D eigenvalue weighted by atomic mass is 9.81. The van der Waals surface area contributed by atoms with E-state index >= 15 is 0 Å². The Hall–Kier alpha value is -2.04. The number of carbonyl (C=O) groups excluding carboxylic acids is 1. The molecule has 2 nitrogen and oxygen atoms in total. The molecule has 0 amide bonds. The van der Waals surface area contributed by atoms with Crippen molar-refractivity contribution in [1.29, 1.82) is 0 Å². The summed E-state index contributed by atoms with van der Waals surface area (Å²) in [6, 6.07) is 21.8. The van der Waals surface area contributed by atoms with Crippen LogP contribution in [-0.4, -0.2) is 17.0 Å². The highest BCUT2D eigenvalue weighted by Crippen LogP contribution is 2.49. The number of ether oxygens (including phenoxy) is 1. The van der Waals surface area contributed by atoms with Crippen molar-refractivity contribution >= 4 is 46.3 Å². The molecular formula is C29H28Cl2O2S. The molecule has 34 heavy (non-hydrogen) atoms. The zero-order chi connectivity index (χ0) is 24.7. The highest BCUT2D eigenvalue weighted by atomic mass is 35.5. The Morgan fingerprint density at radius 3 is 2.21 bits per heavy atom. The van der Waals surface area contributed by atoms with Crippen LogP contribution in [0.1, 0.15) is 45.7 Å². The van der Waals surface area contributed by atoms with Gasteiger partial charge in [0.05, 0.1) is 5.60 Å². The number of hydrogen-bond acceptors (Lipinski definition) is 3. The maximum atomic E-state index is 13.9. The molecule has 1 aliphatic heterocycles. The maximum Gasteiger partial charge on any atom is 0.195 e. The van der Waals surface area contributed by atoms with Gasteiger partial charge in [-0.1, -0.05) is 78.3 Å². The molecule has 0 saturated carbocycles. The van der Waals surface area contributed by atoms with Gasteiger partial charge in [0.2, 0.25) is 0 Å². The summed E-state index contributed by atoms with van der Waals surface area (Å²) in [6.45, 7) is 9.90. The van der Waals surface area contributed by atoms with Gasteiger partial charge in [-0.05, 0) is 81.1 Å². The monoisotopic (exact) mass is 510 g/mol. The number of carbonyl (C=O) groups is 1. The van der Waals surface area contributed by atoms with Gasteiger partial charge < -0.3 is 4.74 Å². The normalized spacial score (nSPS) is 17.2. The van der Waals surface area contributed by atoms with E-state index in [4.69, 9.17) is 27.9 Å². The van der Waals surface area contributed by atoms with Crippen molar-refractivity contribution < 1.29 is 9.53 Å². The second kappa shape index (κ2) is 9.54. The van der Waals surface area contributed by atoms with Crippen molar-refractivity contribution in [2.45, 2.75) is 57.1 Å². The summed E-state index contributed by atoms with van der Waals surface area (Å²) >= 11 is 14.3. The predicted molar refractivity (Wildman–Crippen MR) is 145 cm³/mol. The molecule has 0 saturated heterocycles. The van der Waals surface area contributed by atoms with Crippen molar-refractivity contribution in [3.63, 3.8) is 0 Å². The minimum atomic E-state index is -0.946. The molecule has 0 unspecified atom stereocenters. The smallest absolute Gasteiger partial charge is 0.195 e. The van der Waals surface area contributed by atoms with E-state index in [-0.39, 0.29) is 5.78 Å². The van der Waals surface area contributed by atoms with Gasteiger partial charge in [-0.15, -0.1) is 0 Å². The minimum Gasteiger partial charge on any atom is -0.356 e. The second-order valence-corrected chi connectivity index (χ2v) is 11.3. The number of rotatable bonds is 5. The van der Waals surface area contributed by atoms with Crippen molar-refractivity contribution in [3.05, 3.63) is 92.8 Å². The SMILES string of the molecule is CCc1ccc(-c2ccc(Cl)cc2Cl)cc1C1=C(Sc2ccccc2)C(C)(C)OC(C)(C)C1=O. The number of aryl methyl sites for hydroxylation is 1. The highest BCUT2D eigenvalue weighted by Gasteiger charge is 2.47. The number of benzene rings is 3. The number of halogens is 2. The van der Waals surface area contributed by atoms with Gasteiger partial charge in [0.15, 0.2) is 5.78 Å². The summed E-state index contributed by atoms with van der Waals surface area (Å²) in [5, 5.41) is 1.17. The lowest BCUT2D eigenvalue weighted by molar-refractivity contribution is -0.151. The quantitative estimate of drug-likeness (QED) is 0.342. The van der Waals surface area contributed by atoms with Crippen molar-refractivity contribution in [1.82, 2.24) is 0 Å². The van der Waals surface area contributed by atoms with Crippen LogP contribution in [-0.2, 0) is 16.0 Å². The number of thioether (sulfide) groups is 1. The minimum absolute atomic E-state index is 0.0145. The molecule has 0 bridgehead atoms. The van der Waals surface area contributed by atoms with Crippen LogP contribution >= 0.6 is 35.0 Å². The van der Waals surface area contributed by atoms with Crippen LogP contribution in [0, 0.1) is 0 Å². The summed E-state index contributed by atoms with van der Waals surface area (Å²) in [6.07, 6.45) is 0.797. The van der Waals surface area contributed by atoms with E-state index in [0.717, 1.165) is 44.0 Å². The molecular weight excluding hydrogens is 483 g/mol. The molecule has 0 N–H and O–H groups in total. The van der Waals surface area contributed by atoms with Gasteiger partial charge >= 0.3 is 0 Å². The van der Waals surface area contributed by atoms with E-state index in [0.29, 0.717) is 10.0 Å². The van der Waals surface area contributed by atoms with Gasteiger partial charge in [-0.25, -0.2) is 0 Å². The predicted octanol–water partition coefficient (Wildman–Crippen LogP) is 8.88. The van der Waals surface area contributed by atoms with Gasteiger partial charge in [-0.3, -0.25) is 4.79 Å². The molecule has 1 heterocycles. The van der Waals surface area contributed by atoms with Gasteiger partial charge in [0.1, 0.15) is 5.60 Å². The van der Waals surface area contributed by atoms with Crippen LogP contribution < -0.4 is 0 Å². The van der Waals surface area contributed by atoms with E-state index in [2.05, 4.69) is 37.3 Å². The first kappa shape index (κ1) is 25.1. The van der Waals surface area contributed by atoms with Crippen LogP contribution in [0.25, 0.3) is 16.7 Å². The molecule has 4 rings (SSSR count). The van der Waals surface area contributed by atoms with E-state index in [9.17, 15) is 4.79 Å². The summed E-state index contributed by atoms with van der Waals surface area (Å²) in [5.74, 6) is -0.0145. The third kappa shape index (κ3) is 4.85. The van der Waals surface area contributed by atoms with Crippen molar-refractivity contribution in [2.24, 2.45) is 0 Å². The lowest BCUT2D eigenvalue weighted by Gasteiger charge is -2.43. The van der Waals surface area contributed by atoms with Crippen LogP contribution in [0.5, 0.6) is 0 Å². The molecule has 0 atom stereocenters. The molecule has 176 valence electrons. The topological polar surface area (TPSA) is 26.3 Å². The van der Waals surface area contributed by atoms with E-state index in [1.807, 2.05) is 58.0 Å². The summed E-state index contributed by atoms with van der Waals surface area (Å²) < 4.78 is 6.37. The molecule has 5 heteroatoms. The molecule has 0 aromatic heterocycles. The van der Waals surface area contributed by atoms with Gasteiger partial charge in [0, 0.05) is 31.0 Å². The van der Waals surface area contributed by atoms with E-state index in [1.54, 1.807) is 17.8 Å². The third-order valence-corrected chi connectivity index (χ3v) is 7.98. The molecule has 3 aromatic rings. The average Bonchev–Trinajstić information content (AvgIpc) is 2.78. The van der Waals surface area contributed by atoms with Crippen LogP contribution in [0.15, 0.2) is 76.5 Å². The molecule has 0 radical (unpaired) electrons. The summed E-state index contributed by atoms with van der Waals surface area (Å²) in [7, 11) is 0. The molecule has 3 aromatic carbocycles. The summed E-state index contributed by atoms with van der Waals surface area (Å²) in [5.41, 5.74) is 2.99. The average molecular weight is 512 g/mol. The van der Waals surface area contributed by atoms with E-state index < -0.39 is 11.2 Å². The summed E-state index contributed by atoms with van der Waals surface area (Å²) in [4.78, 5) is 15.9. The fourth-order valence-electron chi connectivity index (χ4n) is 4.47. The Labute approximate surface area is 216 Å². The number of hydrogen-bond donors (Lipinski definition) is 0. The Morgan fingerprint density at radius 2 is 1.56 bits per heavy atom. The highest BCUT2D eigenvalue weighted by molar-refractivity contribution is 8.03. The first-order valence-electron chi connectivity index (χ1n) is 11.3. The van der Waals surface area contributed by atoms with Gasteiger partial charge in [-0.2, -0.15) is 0 Å². The second-order valence-electron chi connectivity index (χ2n) is 9.42. The largest absolute Gasteiger partial charge is 0.356 e. The van der Waals surface area contributed by atoms with E-state index in [1.165, 1.54) is 0 Å². The van der Waals surface area contributed by atoms with Crippen LogP contribution in [0.2, 0.25) is 10.0 Å². The Morgan fingerprint density at radius 1 is 0.853 bits per heavy atom. The fraction of sp³-hybridized carbons (Fsp3) is 0.276. The standard InChI is InChI=1S/C29H28Cl2O2S/c1-6-18-12-13-19(22-15-14-20(30)17-24(22)31)16-23(18)25-26(32)28(2,3)33-29(4,5)27(25)34-21-10-8-7-9-11-21/h7-17H,6H2,1-5H3. The first-order valence-corrected chi connectivity index (χ1v) is 12.9. The van der Waals surface area contributed by atoms with Gasteiger partial charge in [0.25, 0.3) is 0 Å². The zero-order valence-electron chi connectivity index (χ0n) is 20.0. The van der Waals surface area contributed by atoms with Crippen molar-refractivity contribution in [3.8, 4) is 11.1 Å². The molecule has 0 aliphatic carbocycles. The third-order valence-electron chi connectivity index (χ3n) is 6.02. The number of ketones is 1. The molecule has 0 spiro atoms. The Balaban J connectivity index is 1.99. The lowest BCUT2D eigenvalue weighted by Crippen LogP contribution is -2.49. The number of Topliss-reactive ketones (excluding diaryl/α,β-unsaturated/α-hetero) is 1. The van der Waals surface area contributed by atoms with Crippen molar-refractivity contribution in [2.75, 3.05) is 0 Å². The Kier molecular flexibility index (Phi) is 7.04. The molecule has 0 fully saturated rings. The van der Waals surface area contributed by atoms with Crippen LogP contribution in [0.4, 0.5) is 0 Å². The fourth-order valence-corrected chi connectivity index (χ4v) is 6.11. The maximum absolute atomic E-state index is 13.9. The molecule has 1 aliphatic rings. The van der Waals surface area contributed by atoms with Crippen LogP contribution in [0.3, 0.4) is 0 Å². The Bertz CT molecular complexity index is 1280. The first-order chi connectivity index (χ1) is 16.0. The zero-order valence-corrected chi connectivity index (χ0v) is 22.4.